The quantitative estimate of drug-likeness (QED) is 0.283. The molecule has 0 radical (unpaired) electrons. The fourth-order valence-corrected chi connectivity index (χ4v) is 4.76. The van der Waals surface area contributed by atoms with Gasteiger partial charge < -0.3 is 14.6 Å². The van der Waals surface area contributed by atoms with Crippen molar-refractivity contribution in [2.24, 2.45) is 0 Å². The highest BCUT2D eigenvalue weighted by Gasteiger charge is 2.13. The molecule has 3 aromatic carbocycles. The van der Waals surface area contributed by atoms with Crippen LogP contribution in [0.2, 0.25) is 0 Å². The Morgan fingerprint density at radius 3 is 2.49 bits per heavy atom. The predicted octanol–water partition coefficient (Wildman–Crippen LogP) is 6.16. The molecule has 1 heterocycles. The maximum atomic E-state index is 12.4. The van der Waals surface area contributed by atoms with Gasteiger partial charge in [-0.2, -0.15) is 0 Å². The van der Waals surface area contributed by atoms with Crippen LogP contribution in [0, 0.1) is 20.8 Å². The first-order valence-corrected chi connectivity index (χ1v) is 12.4. The van der Waals surface area contributed by atoms with Gasteiger partial charge in [0.25, 0.3) is 5.91 Å². The van der Waals surface area contributed by atoms with E-state index in [1.165, 1.54) is 27.8 Å². The average molecular weight is 470 g/mol. The van der Waals surface area contributed by atoms with E-state index in [4.69, 9.17) is 9.72 Å². The third-order valence-corrected chi connectivity index (χ3v) is 6.58. The first-order valence-electron chi connectivity index (χ1n) is 12.4. The maximum absolute atomic E-state index is 12.4. The van der Waals surface area contributed by atoms with Gasteiger partial charge in [-0.3, -0.25) is 4.79 Å². The largest absolute Gasteiger partial charge is 0.497 e. The zero-order chi connectivity index (χ0) is 24.8. The highest BCUT2D eigenvalue weighted by molar-refractivity contribution is 5.94. The molecule has 0 aliphatic rings. The van der Waals surface area contributed by atoms with Crippen molar-refractivity contribution in [3.63, 3.8) is 0 Å². The van der Waals surface area contributed by atoms with E-state index in [9.17, 15) is 4.79 Å². The summed E-state index contributed by atoms with van der Waals surface area (Å²) >= 11 is 0. The smallest absolute Gasteiger partial charge is 0.251 e. The molecule has 4 aromatic rings. The molecule has 182 valence electrons. The topological polar surface area (TPSA) is 56.1 Å². The minimum atomic E-state index is -0.0606. The molecule has 5 heteroatoms. The van der Waals surface area contributed by atoms with Crippen LogP contribution in [0.25, 0.3) is 11.0 Å². The monoisotopic (exact) mass is 469 g/mol. The number of rotatable bonds is 10. The Labute approximate surface area is 208 Å². The molecule has 4 rings (SSSR count). The Bertz CT molecular complexity index is 1300. The number of imidazole rings is 1. The second-order valence-corrected chi connectivity index (χ2v) is 9.28. The molecule has 0 fully saturated rings. The summed E-state index contributed by atoms with van der Waals surface area (Å²) in [5.41, 5.74) is 8.21. The summed E-state index contributed by atoms with van der Waals surface area (Å²) in [5.74, 6) is 1.76. The Balaban J connectivity index is 1.36. The number of nitrogens with one attached hydrogen (secondary N) is 1. The Kier molecular flexibility index (Phi) is 7.86. The van der Waals surface area contributed by atoms with E-state index < -0.39 is 0 Å². The van der Waals surface area contributed by atoms with Crippen LogP contribution in [-0.2, 0) is 13.0 Å². The second-order valence-electron chi connectivity index (χ2n) is 9.28. The second kappa shape index (κ2) is 11.2. The number of fused-ring (bicyclic) bond motifs is 1. The lowest BCUT2D eigenvalue weighted by atomic mass is 9.99. The number of methoxy groups -OCH3 is 1. The summed E-state index contributed by atoms with van der Waals surface area (Å²) in [7, 11) is 1.61. The van der Waals surface area contributed by atoms with E-state index in [0.717, 1.165) is 43.6 Å². The van der Waals surface area contributed by atoms with Gasteiger partial charge in [-0.25, -0.2) is 4.98 Å². The summed E-state index contributed by atoms with van der Waals surface area (Å²) in [6.45, 7) is 8.06. The number of para-hydroxylation sites is 2. The maximum Gasteiger partial charge on any atom is 0.251 e. The molecular weight excluding hydrogens is 434 g/mol. The number of carbonyl (C=O) groups is 1. The summed E-state index contributed by atoms with van der Waals surface area (Å²) in [5, 5.41) is 3.02. The first kappa shape index (κ1) is 24.5. The molecule has 0 aliphatic heterocycles. The number of hydrogen-bond donors (Lipinski definition) is 1. The minimum Gasteiger partial charge on any atom is -0.497 e. The Morgan fingerprint density at radius 1 is 0.943 bits per heavy atom. The fourth-order valence-electron chi connectivity index (χ4n) is 4.76. The van der Waals surface area contributed by atoms with E-state index in [0.29, 0.717) is 17.9 Å². The van der Waals surface area contributed by atoms with Crippen LogP contribution >= 0.6 is 0 Å². The van der Waals surface area contributed by atoms with E-state index in [1.807, 2.05) is 12.1 Å². The highest BCUT2D eigenvalue weighted by Crippen LogP contribution is 2.23. The van der Waals surface area contributed by atoms with Crippen molar-refractivity contribution in [2.45, 2.75) is 53.0 Å². The number of unbranched alkanes of at least 4 members (excludes halogenated alkanes) is 2. The number of nitrogens with zero attached hydrogens (tertiary/aromatic N) is 2. The van der Waals surface area contributed by atoms with Gasteiger partial charge in [0.05, 0.1) is 18.1 Å². The number of aromatic nitrogens is 2. The molecule has 0 unspecified atom stereocenters. The van der Waals surface area contributed by atoms with Crippen LogP contribution in [0.4, 0.5) is 0 Å². The summed E-state index contributed by atoms with van der Waals surface area (Å²) in [6.07, 6.45) is 3.92. The molecule has 1 amide bonds. The summed E-state index contributed by atoms with van der Waals surface area (Å²) in [4.78, 5) is 17.3. The van der Waals surface area contributed by atoms with Crippen molar-refractivity contribution in [1.29, 1.82) is 0 Å². The molecule has 0 bridgehead atoms. The van der Waals surface area contributed by atoms with Gasteiger partial charge in [0.15, 0.2) is 0 Å². The van der Waals surface area contributed by atoms with Crippen LogP contribution in [0.3, 0.4) is 0 Å². The van der Waals surface area contributed by atoms with Crippen LogP contribution in [0.5, 0.6) is 5.75 Å². The van der Waals surface area contributed by atoms with Crippen LogP contribution in [0.15, 0.2) is 60.7 Å². The molecule has 0 spiro atoms. The molecule has 0 aliphatic carbocycles. The Morgan fingerprint density at radius 2 is 1.71 bits per heavy atom. The van der Waals surface area contributed by atoms with Gasteiger partial charge in [-0.1, -0.05) is 42.3 Å². The third-order valence-electron chi connectivity index (χ3n) is 6.58. The van der Waals surface area contributed by atoms with E-state index >= 15 is 0 Å². The zero-order valence-electron chi connectivity index (χ0n) is 21.2. The lowest BCUT2D eigenvalue weighted by Crippen LogP contribution is -2.24. The average Bonchev–Trinajstić information content (AvgIpc) is 3.20. The lowest BCUT2D eigenvalue weighted by molar-refractivity contribution is 0.0952. The normalized spacial score (nSPS) is 11.1. The number of amides is 1. The number of hydrogen-bond acceptors (Lipinski definition) is 3. The molecule has 0 atom stereocenters. The van der Waals surface area contributed by atoms with Crippen molar-refractivity contribution < 1.29 is 9.53 Å². The van der Waals surface area contributed by atoms with Gasteiger partial charge in [0.2, 0.25) is 0 Å². The predicted molar refractivity (Wildman–Crippen MR) is 142 cm³/mol. The summed E-state index contributed by atoms with van der Waals surface area (Å²) < 4.78 is 7.58. The molecule has 35 heavy (non-hydrogen) atoms. The lowest BCUT2D eigenvalue weighted by Gasteiger charge is -2.15. The van der Waals surface area contributed by atoms with Gasteiger partial charge in [-0.05, 0) is 80.6 Å². The van der Waals surface area contributed by atoms with Crippen molar-refractivity contribution in [3.05, 3.63) is 94.3 Å². The van der Waals surface area contributed by atoms with Gasteiger partial charge in [0, 0.05) is 25.1 Å². The van der Waals surface area contributed by atoms with Gasteiger partial charge in [0.1, 0.15) is 11.6 Å². The minimum absolute atomic E-state index is 0.0606. The van der Waals surface area contributed by atoms with E-state index in [-0.39, 0.29) is 5.91 Å². The molecule has 1 aromatic heterocycles. The van der Waals surface area contributed by atoms with Crippen molar-refractivity contribution in [1.82, 2.24) is 14.9 Å². The van der Waals surface area contributed by atoms with Crippen molar-refractivity contribution in [3.8, 4) is 5.75 Å². The van der Waals surface area contributed by atoms with E-state index in [1.54, 1.807) is 19.2 Å². The van der Waals surface area contributed by atoms with Gasteiger partial charge >= 0.3 is 0 Å². The van der Waals surface area contributed by atoms with E-state index in [2.05, 4.69) is 67.1 Å². The number of benzene rings is 3. The van der Waals surface area contributed by atoms with Crippen molar-refractivity contribution in [2.75, 3.05) is 13.7 Å². The summed E-state index contributed by atoms with van der Waals surface area (Å²) in [6, 6.07) is 20.2. The first-order chi connectivity index (χ1) is 17.0. The fraction of sp³-hybridized carbons (Fsp3) is 0.333. The van der Waals surface area contributed by atoms with Crippen molar-refractivity contribution >= 4 is 16.9 Å². The Hall–Kier alpha value is -3.60. The zero-order valence-corrected chi connectivity index (χ0v) is 21.2. The molecule has 5 nitrogen and oxygen atoms in total. The molecule has 0 saturated carbocycles. The number of carbonyl (C=O) groups excluding carboxylic acids is 1. The highest BCUT2D eigenvalue weighted by atomic mass is 16.5. The van der Waals surface area contributed by atoms with Crippen LogP contribution < -0.4 is 10.1 Å². The molecule has 0 saturated heterocycles. The standard InChI is InChI=1S/C30H35N3O2/c1-21-17-22(2)26(23(3)18-21)20-33-28-14-8-7-13-27(28)32-29(33)15-6-5-9-16-31-30(34)24-11-10-12-25(19-24)35-4/h7-8,10-14,17-19H,5-6,9,15-16,20H2,1-4H3,(H,31,34). The third kappa shape index (κ3) is 5.91. The number of aryl methyl sites for hydroxylation is 4. The molecular formula is C30H35N3O2. The number of ether oxygens (including phenoxy) is 1. The van der Waals surface area contributed by atoms with Crippen LogP contribution in [-0.4, -0.2) is 29.1 Å². The van der Waals surface area contributed by atoms with Gasteiger partial charge in [-0.15, -0.1) is 0 Å². The SMILES string of the molecule is COc1cccc(C(=O)NCCCCCc2nc3ccccc3n2Cc2c(C)cc(C)cc2C)c1. The molecule has 1 N–H and O–H groups in total. The van der Waals surface area contributed by atoms with Crippen LogP contribution in [0.1, 0.15) is 57.7 Å².